The molecule has 2 heterocycles. The number of fused-ring (bicyclic) bond motifs is 2. The maximum atomic E-state index is 12.6. The summed E-state index contributed by atoms with van der Waals surface area (Å²) < 4.78 is 12.9. The Hall–Kier alpha value is -2.34. The second kappa shape index (κ2) is 8.35. The van der Waals surface area contributed by atoms with Crippen LogP contribution in [0.1, 0.15) is 69.1 Å². The number of rotatable bonds is 6. The van der Waals surface area contributed by atoms with Crippen molar-refractivity contribution in [2.75, 3.05) is 13.2 Å². The van der Waals surface area contributed by atoms with Crippen LogP contribution in [-0.4, -0.2) is 35.0 Å². The van der Waals surface area contributed by atoms with Crippen LogP contribution >= 0.6 is 0 Å². The Balaban J connectivity index is 2.01. The van der Waals surface area contributed by atoms with Gasteiger partial charge >= 0.3 is 5.97 Å². The number of pyridine rings is 1. The van der Waals surface area contributed by atoms with Crippen LogP contribution in [0.25, 0.3) is 5.57 Å². The Bertz CT molecular complexity index is 877. The summed E-state index contributed by atoms with van der Waals surface area (Å²) >= 11 is 0. The molecule has 2 atom stereocenters. The topological polar surface area (TPSA) is 77.8 Å². The van der Waals surface area contributed by atoms with Crippen molar-refractivity contribution in [2.45, 2.75) is 59.1 Å². The second-order valence-electron chi connectivity index (χ2n) is 7.84. The molecule has 6 heteroatoms. The molecule has 1 aliphatic heterocycles. The van der Waals surface area contributed by atoms with Crippen molar-refractivity contribution < 1.29 is 19.4 Å². The third-order valence-corrected chi connectivity index (χ3v) is 5.26. The van der Waals surface area contributed by atoms with Crippen molar-refractivity contribution in [1.82, 2.24) is 4.57 Å². The lowest BCUT2D eigenvalue weighted by atomic mass is 9.84. The fourth-order valence-electron chi connectivity index (χ4n) is 3.84. The summed E-state index contributed by atoms with van der Waals surface area (Å²) in [6, 6.07) is 1.63. The smallest absolute Gasteiger partial charge is 0.343 e. The Labute approximate surface area is 165 Å². The summed E-state index contributed by atoms with van der Waals surface area (Å²) in [5.74, 6) is -0.0250. The van der Waals surface area contributed by atoms with E-state index in [-0.39, 0.29) is 35.5 Å². The largest absolute Gasteiger partial charge is 0.510 e. The van der Waals surface area contributed by atoms with Gasteiger partial charge in [0.15, 0.2) is 5.43 Å². The van der Waals surface area contributed by atoms with Crippen LogP contribution in [0.2, 0.25) is 0 Å². The monoisotopic (exact) mass is 387 g/mol. The van der Waals surface area contributed by atoms with Crippen LogP contribution in [-0.2, 0) is 9.47 Å². The summed E-state index contributed by atoms with van der Waals surface area (Å²) in [7, 11) is 0. The summed E-state index contributed by atoms with van der Waals surface area (Å²) in [6.45, 7) is 8.76. The van der Waals surface area contributed by atoms with Gasteiger partial charge in [0.25, 0.3) is 0 Å². The van der Waals surface area contributed by atoms with Gasteiger partial charge in [-0.05, 0) is 31.8 Å². The van der Waals surface area contributed by atoms with Gasteiger partial charge in [-0.1, -0.05) is 26.3 Å². The van der Waals surface area contributed by atoms with Crippen LogP contribution in [0.15, 0.2) is 34.5 Å². The Morgan fingerprint density at radius 1 is 1.32 bits per heavy atom. The van der Waals surface area contributed by atoms with Gasteiger partial charge in [-0.3, -0.25) is 4.79 Å². The van der Waals surface area contributed by atoms with E-state index in [1.54, 1.807) is 19.2 Å². The lowest BCUT2D eigenvalue weighted by Gasteiger charge is -2.35. The van der Waals surface area contributed by atoms with Crippen molar-refractivity contribution in [3.63, 3.8) is 0 Å². The van der Waals surface area contributed by atoms with Crippen molar-refractivity contribution in [1.29, 1.82) is 0 Å². The number of ether oxygens (including phenoxy) is 2. The van der Waals surface area contributed by atoms with E-state index in [0.29, 0.717) is 18.9 Å². The first-order valence-electron chi connectivity index (χ1n) is 10.0. The molecular weight excluding hydrogens is 358 g/mol. The van der Waals surface area contributed by atoms with Crippen molar-refractivity contribution in [3.8, 4) is 0 Å². The minimum atomic E-state index is -0.596. The first-order valence-corrected chi connectivity index (χ1v) is 10.0. The molecule has 6 nitrogen and oxygen atoms in total. The quantitative estimate of drug-likeness (QED) is 0.746. The molecule has 2 unspecified atom stereocenters. The fraction of sp³-hybridized carbons (Fsp3) is 0.545. The minimum absolute atomic E-state index is 0.0512. The summed E-state index contributed by atoms with van der Waals surface area (Å²) in [5.41, 5.74) is 2.47. The SMILES string of the molecule is CCOC(=O)c1cn2c(cc1=O)C1=C(CC(OCC(C)C)C(O)=C1)CC2CC. The van der Waals surface area contributed by atoms with Crippen LogP contribution in [0.3, 0.4) is 0 Å². The molecule has 1 aromatic rings. The van der Waals surface area contributed by atoms with E-state index in [4.69, 9.17) is 9.47 Å². The molecule has 1 aromatic heterocycles. The fourth-order valence-corrected chi connectivity index (χ4v) is 3.84. The number of aliphatic hydroxyl groups is 1. The summed E-state index contributed by atoms with van der Waals surface area (Å²) in [6.07, 6.45) is 5.27. The lowest BCUT2D eigenvalue weighted by molar-refractivity contribution is 0.0318. The predicted molar refractivity (Wildman–Crippen MR) is 107 cm³/mol. The zero-order chi connectivity index (χ0) is 20.4. The predicted octanol–water partition coefficient (Wildman–Crippen LogP) is 4.02. The molecule has 0 aromatic carbocycles. The molecule has 0 radical (unpaired) electrons. The molecule has 1 aliphatic carbocycles. The molecule has 0 saturated heterocycles. The lowest BCUT2D eigenvalue weighted by Crippen LogP contribution is -2.30. The summed E-state index contributed by atoms with van der Waals surface area (Å²) in [4.78, 5) is 24.7. The van der Waals surface area contributed by atoms with Gasteiger partial charge in [-0.2, -0.15) is 0 Å². The molecule has 0 fully saturated rings. The first-order chi connectivity index (χ1) is 13.3. The number of carbonyl (C=O) groups excluding carboxylic acids is 1. The van der Waals surface area contributed by atoms with Gasteiger partial charge in [-0.15, -0.1) is 0 Å². The van der Waals surface area contributed by atoms with Gasteiger partial charge in [-0.25, -0.2) is 4.79 Å². The number of carbonyl (C=O) groups is 1. The molecular formula is C22H29NO5. The number of nitrogens with zero attached hydrogens (tertiary/aromatic N) is 1. The Morgan fingerprint density at radius 2 is 2.07 bits per heavy atom. The highest BCUT2D eigenvalue weighted by Crippen LogP contribution is 2.41. The number of aromatic nitrogens is 1. The van der Waals surface area contributed by atoms with Gasteiger partial charge < -0.3 is 19.1 Å². The third kappa shape index (κ3) is 3.92. The number of hydrogen-bond donors (Lipinski definition) is 1. The summed E-state index contributed by atoms with van der Waals surface area (Å²) in [5, 5.41) is 10.5. The standard InChI is InChI=1S/C22H29NO5/c1-5-15-7-14-8-21(28-12-13(3)4)20(25)9-16(14)18-10-19(24)17(11-23(15)18)22(26)27-6-2/h9-11,13,15,21,25H,5-8,12H2,1-4H3. The van der Waals surface area contributed by atoms with E-state index >= 15 is 0 Å². The highest BCUT2D eigenvalue weighted by molar-refractivity contribution is 5.89. The van der Waals surface area contributed by atoms with E-state index in [1.807, 2.05) is 4.57 Å². The molecule has 152 valence electrons. The van der Waals surface area contributed by atoms with Gasteiger partial charge in [0.1, 0.15) is 17.4 Å². The van der Waals surface area contributed by atoms with Gasteiger partial charge in [0.05, 0.1) is 12.3 Å². The number of allylic oxidation sites excluding steroid dienone is 2. The molecule has 0 amide bonds. The Morgan fingerprint density at radius 3 is 2.71 bits per heavy atom. The first kappa shape index (κ1) is 20.4. The minimum Gasteiger partial charge on any atom is -0.510 e. The van der Waals surface area contributed by atoms with Crippen LogP contribution in [0, 0.1) is 5.92 Å². The van der Waals surface area contributed by atoms with Crippen LogP contribution in [0.4, 0.5) is 0 Å². The van der Waals surface area contributed by atoms with Crippen molar-refractivity contribution >= 4 is 11.5 Å². The molecule has 3 rings (SSSR count). The highest BCUT2D eigenvalue weighted by atomic mass is 16.5. The zero-order valence-corrected chi connectivity index (χ0v) is 17.0. The molecule has 0 spiro atoms. The number of esters is 1. The second-order valence-corrected chi connectivity index (χ2v) is 7.84. The van der Waals surface area contributed by atoms with Gasteiger partial charge in [0.2, 0.25) is 0 Å². The number of aliphatic hydroxyl groups excluding tert-OH is 1. The maximum Gasteiger partial charge on any atom is 0.343 e. The molecule has 0 saturated carbocycles. The Kier molecular flexibility index (Phi) is 6.08. The van der Waals surface area contributed by atoms with Crippen molar-refractivity contribution in [2.24, 2.45) is 5.92 Å². The average molecular weight is 387 g/mol. The van der Waals surface area contributed by atoms with E-state index in [2.05, 4.69) is 20.8 Å². The molecule has 28 heavy (non-hydrogen) atoms. The normalized spacial score (nSPS) is 21.2. The van der Waals surface area contributed by atoms with Gasteiger partial charge in [0, 0.05) is 36.9 Å². The van der Waals surface area contributed by atoms with Crippen molar-refractivity contribution in [3.05, 3.63) is 51.2 Å². The molecule has 2 aliphatic rings. The molecule has 1 N–H and O–H groups in total. The van der Waals surface area contributed by atoms with Crippen LogP contribution in [0.5, 0.6) is 0 Å². The van der Waals surface area contributed by atoms with E-state index in [9.17, 15) is 14.7 Å². The number of hydrogen-bond acceptors (Lipinski definition) is 5. The van der Waals surface area contributed by atoms with E-state index < -0.39 is 5.97 Å². The molecule has 0 bridgehead atoms. The highest BCUT2D eigenvalue weighted by Gasteiger charge is 2.32. The van der Waals surface area contributed by atoms with E-state index in [0.717, 1.165) is 24.1 Å². The average Bonchev–Trinajstić information content (AvgIpc) is 2.65. The maximum absolute atomic E-state index is 12.6. The zero-order valence-electron chi connectivity index (χ0n) is 17.0. The van der Waals surface area contributed by atoms with Crippen LogP contribution < -0.4 is 5.43 Å². The van der Waals surface area contributed by atoms with E-state index in [1.165, 1.54) is 11.6 Å². The third-order valence-electron chi connectivity index (χ3n) is 5.26.